The SMILES string of the molecule is CCC1C2CNCC2CN1C(C)c1ccc(I)cc1. The molecule has 19 heavy (non-hydrogen) atoms. The Labute approximate surface area is 130 Å². The molecule has 4 unspecified atom stereocenters. The Kier molecular flexibility index (Phi) is 4.15. The van der Waals surface area contributed by atoms with Crippen molar-refractivity contribution in [2.75, 3.05) is 19.6 Å². The minimum Gasteiger partial charge on any atom is -0.316 e. The average Bonchev–Trinajstić information content (AvgIpc) is 2.98. The third-order valence-corrected chi connectivity index (χ3v) is 5.74. The Balaban J connectivity index is 1.79. The second kappa shape index (κ2) is 5.70. The van der Waals surface area contributed by atoms with E-state index >= 15 is 0 Å². The number of benzene rings is 1. The molecule has 2 nitrogen and oxygen atoms in total. The van der Waals surface area contributed by atoms with Crippen LogP contribution in [0.3, 0.4) is 0 Å². The summed E-state index contributed by atoms with van der Waals surface area (Å²) in [6.07, 6.45) is 1.28. The minimum absolute atomic E-state index is 0.549. The molecular weight excluding hydrogens is 347 g/mol. The van der Waals surface area contributed by atoms with Crippen LogP contribution in [0.15, 0.2) is 24.3 Å². The lowest BCUT2D eigenvalue weighted by atomic mass is 9.92. The van der Waals surface area contributed by atoms with Crippen LogP contribution in [0.2, 0.25) is 0 Å². The van der Waals surface area contributed by atoms with Gasteiger partial charge in [0.25, 0.3) is 0 Å². The number of likely N-dealkylation sites (tertiary alicyclic amines) is 1. The van der Waals surface area contributed by atoms with Gasteiger partial charge in [-0.3, -0.25) is 4.90 Å². The largest absolute Gasteiger partial charge is 0.316 e. The van der Waals surface area contributed by atoms with Gasteiger partial charge in [-0.2, -0.15) is 0 Å². The van der Waals surface area contributed by atoms with Crippen LogP contribution < -0.4 is 5.32 Å². The molecule has 2 aliphatic heterocycles. The van der Waals surface area contributed by atoms with Gasteiger partial charge < -0.3 is 5.32 Å². The third kappa shape index (κ3) is 2.57. The fourth-order valence-corrected chi connectivity index (χ4v) is 4.33. The molecule has 0 bridgehead atoms. The molecule has 3 heteroatoms. The maximum Gasteiger partial charge on any atom is 0.0323 e. The predicted molar refractivity (Wildman–Crippen MR) is 88.2 cm³/mol. The van der Waals surface area contributed by atoms with E-state index in [9.17, 15) is 0 Å². The molecule has 2 fully saturated rings. The van der Waals surface area contributed by atoms with Crippen LogP contribution in [0.25, 0.3) is 0 Å². The lowest BCUT2D eigenvalue weighted by Gasteiger charge is -2.32. The van der Waals surface area contributed by atoms with Gasteiger partial charge in [0.05, 0.1) is 0 Å². The molecule has 2 aliphatic rings. The molecule has 0 saturated carbocycles. The normalized spacial score (nSPS) is 32.5. The van der Waals surface area contributed by atoms with E-state index in [4.69, 9.17) is 0 Å². The summed E-state index contributed by atoms with van der Waals surface area (Å²) in [6, 6.07) is 10.4. The van der Waals surface area contributed by atoms with Crippen molar-refractivity contribution >= 4 is 22.6 Å². The molecule has 3 rings (SSSR count). The lowest BCUT2D eigenvalue weighted by molar-refractivity contribution is 0.165. The van der Waals surface area contributed by atoms with Crippen LogP contribution in [0, 0.1) is 15.4 Å². The van der Waals surface area contributed by atoms with Crippen molar-refractivity contribution in [3.63, 3.8) is 0 Å². The van der Waals surface area contributed by atoms with Crippen LogP contribution in [0.1, 0.15) is 31.9 Å². The number of hydrogen-bond donors (Lipinski definition) is 1. The summed E-state index contributed by atoms with van der Waals surface area (Å²) in [5.41, 5.74) is 1.46. The van der Waals surface area contributed by atoms with Gasteiger partial charge >= 0.3 is 0 Å². The summed E-state index contributed by atoms with van der Waals surface area (Å²) in [5.74, 6) is 1.74. The summed E-state index contributed by atoms with van der Waals surface area (Å²) in [7, 11) is 0. The number of hydrogen-bond acceptors (Lipinski definition) is 2. The monoisotopic (exact) mass is 370 g/mol. The molecule has 1 aromatic rings. The van der Waals surface area contributed by atoms with Crippen LogP contribution in [-0.2, 0) is 0 Å². The van der Waals surface area contributed by atoms with Gasteiger partial charge in [-0.15, -0.1) is 0 Å². The van der Waals surface area contributed by atoms with E-state index in [0.29, 0.717) is 6.04 Å². The number of fused-ring (bicyclic) bond motifs is 1. The highest BCUT2D eigenvalue weighted by molar-refractivity contribution is 14.1. The maximum absolute atomic E-state index is 3.57. The Hall–Kier alpha value is -0.130. The van der Waals surface area contributed by atoms with E-state index < -0.39 is 0 Å². The molecule has 0 radical (unpaired) electrons. The van der Waals surface area contributed by atoms with E-state index in [1.165, 1.54) is 35.2 Å². The molecule has 2 heterocycles. The van der Waals surface area contributed by atoms with Crippen LogP contribution in [0.5, 0.6) is 0 Å². The van der Waals surface area contributed by atoms with E-state index in [2.05, 4.69) is 70.9 Å². The Morgan fingerprint density at radius 1 is 1.32 bits per heavy atom. The highest BCUT2D eigenvalue weighted by Gasteiger charge is 2.44. The van der Waals surface area contributed by atoms with Crippen LogP contribution in [-0.4, -0.2) is 30.6 Å². The van der Waals surface area contributed by atoms with E-state index in [-0.39, 0.29) is 0 Å². The topological polar surface area (TPSA) is 15.3 Å². The van der Waals surface area contributed by atoms with Gasteiger partial charge in [0.15, 0.2) is 0 Å². The van der Waals surface area contributed by atoms with Crippen LogP contribution >= 0.6 is 22.6 Å². The van der Waals surface area contributed by atoms with Gasteiger partial charge in [0.1, 0.15) is 0 Å². The zero-order chi connectivity index (χ0) is 13.4. The quantitative estimate of drug-likeness (QED) is 0.822. The van der Waals surface area contributed by atoms with Crippen molar-refractivity contribution in [2.45, 2.75) is 32.4 Å². The third-order valence-electron chi connectivity index (χ3n) is 5.03. The Morgan fingerprint density at radius 3 is 2.74 bits per heavy atom. The van der Waals surface area contributed by atoms with Crippen molar-refractivity contribution < 1.29 is 0 Å². The molecule has 0 aromatic heterocycles. The summed E-state index contributed by atoms with van der Waals surface area (Å²) in [5, 5.41) is 3.57. The highest BCUT2D eigenvalue weighted by Crippen LogP contribution is 2.39. The fourth-order valence-electron chi connectivity index (χ4n) is 3.97. The zero-order valence-electron chi connectivity index (χ0n) is 11.8. The van der Waals surface area contributed by atoms with Gasteiger partial charge in [0.2, 0.25) is 0 Å². The molecule has 0 spiro atoms. The number of nitrogens with one attached hydrogen (secondary N) is 1. The molecule has 0 aliphatic carbocycles. The molecule has 0 amide bonds. The van der Waals surface area contributed by atoms with Gasteiger partial charge in [-0.1, -0.05) is 19.1 Å². The molecule has 1 N–H and O–H groups in total. The second-order valence-electron chi connectivity index (χ2n) is 5.98. The van der Waals surface area contributed by atoms with Crippen LogP contribution in [0.4, 0.5) is 0 Å². The molecule has 1 aromatic carbocycles. The molecular formula is C16H23IN2. The summed E-state index contributed by atoms with van der Waals surface area (Å²) >= 11 is 2.38. The van der Waals surface area contributed by atoms with Gasteiger partial charge in [-0.25, -0.2) is 0 Å². The van der Waals surface area contributed by atoms with Crippen molar-refractivity contribution in [2.24, 2.45) is 11.8 Å². The summed E-state index contributed by atoms with van der Waals surface area (Å²) < 4.78 is 1.32. The van der Waals surface area contributed by atoms with Crippen molar-refractivity contribution in [3.8, 4) is 0 Å². The van der Waals surface area contributed by atoms with Crippen molar-refractivity contribution in [1.29, 1.82) is 0 Å². The molecule has 4 atom stereocenters. The summed E-state index contributed by atoms with van der Waals surface area (Å²) in [6.45, 7) is 8.43. The standard InChI is InChI=1S/C16H23IN2/c1-3-16-15-9-18-8-13(15)10-19(16)11(2)12-4-6-14(17)7-5-12/h4-7,11,13,15-16,18H,3,8-10H2,1-2H3. The Bertz CT molecular complexity index is 431. The maximum atomic E-state index is 3.57. The van der Waals surface area contributed by atoms with E-state index in [0.717, 1.165) is 17.9 Å². The van der Waals surface area contributed by atoms with E-state index in [1.54, 1.807) is 0 Å². The zero-order valence-corrected chi connectivity index (χ0v) is 13.9. The predicted octanol–water partition coefficient (Wildman–Crippen LogP) is 3.28. The second-order valence-corrected chi connectivity index (χ2v) is 7.23. The summed E-state index contributed by atoms with van der Waals surface area (Å²) in [4.78, 5) is 2.75. The molecule has 104 valence electrons. The number of rotatable bonds is 3. The lowest BCUT2D eigenvalue weighted by Crippen LogP contribution is -2.36. The first kappa shape index (κ1) is 13.8. The van der Waals surface area contributed by atoms with E-state index in [1.807, 2.05) is 0 Å². The first-order chi connectivity index (χ1) is 9.20. The highest BCUT2D eigenvalue weighted by atomic mass is 127. The van der Waals surface area contributed by atoms with Crippen molar-refractivity contribution in [1.82, 2.24) is 10.2 Å². The fraction of sp³-hybridized carbons (Fsp3) is 0.625. The van der Waals surface area contributed by atoms with Crippen molar-refractivity contribution in [3.05, 3.63) is 33.4 Å². The Morgan fingerprint density at radius 2 is 2.05 bits per heavy atom. The number of nitrogens with zero attached hydrogens (tertiary/aromatic N) is 1. The molecule has 2 saturated heterocycles. The van der Waals surface area contributed by atoms with Gasteiger partial charge in [-0.05, 0) is 78.6 Å². The first-order valence-electron chi connectivity index (χ1n) is 7.42. The average molecular weight is 370 g/mol. The first-order valence-corrected chi connectivity index (χ1v) is 8.50. The van der Waals surface area contributed by atoms with Gasteiger partial charge in [0, 0.05) is 22.2 Å². The smallest absolute Gasteiger partial charge is 0.0323 e. The number of halogens is 1. The minimum atomic E-state index is 0.549.